The van der Waals surface area contributed by atoms with Crippen molar-refractivity contribution in [1.29, 1.82) is 0 Å². The number of furan rings is 1. The van der Waals surface area contributed by atoms with E-state index in [9.17, 15) is 8.42 Å². The zero-order chi connectivity index (χ0) is 19.3. The van der Waals surface area contributed by atoms with Gasteiger partial charge in [0.1, 0.15) is 11.3 Å². The summed E-state index contributed by atoms with van der Waals surface area (Å²) in [6.45, 7) is 2.24. The van der Waals surface area contributed by atoms with E-state index in [1.54, 1.807) is 30.3 Å². The van der Waals surface area contributed by atoms with Crippen LogP contribution in [0.4, 0.5) is 5.69 Å². The Bertz CT molecular complexity index is 1290. The fourth-order valence-corrected chi connectivity index (χ4v) is 5.25. The van der Waals surface area contributed by atoms with Crippen molar-refractivity contribution < 1.29 is 12.8 Å². The summed E-state index contributed by atoms with van der Waals surface area (Å²) in [6.07, 6.45) is 3.02. The number of rotatable bonds is 3. The Labute approximate surface area is 164 Å². The molecular weight excluding hydrogens is 370 g/mol. The molecule has 0 radical (unpaired) electrons. The fourth-order valence-electron chi connectivity index (χ4n) is 4.15. The molecule has 1 aromatic heterocycles. The molecule has 0 unspecified atom stereocenters. The molecule has 0 bridgehead atoms. The molecule has 0 amide bonds. The van der Waals surface area contributed by atoms with Gasteiger partial charge in [-0.25, -0.2) is 8.42 Å². The molecular formula is C23H21NO3S. The molecule has 1 atom stereocenters. The Morgan fingerprint density at radius 1 is 0.964 bits per heavy atom. The third kappa shape index (κ3) is 2.78. The van der Waals surface area contributed by atoms with Gasteiger partial charge >= 0.3 is 0 Å². The predicted octanol–water partition coefficient (Wildman–Crippen LogP) is 5.51. The maximum Gasteiger partial charge on any atom is 0.261 e. The lowest BCUT2D eigenvalue weighted by atomic mass is 9.88. The standard InChI is InChI=1S/C23H21NO3S/c1-15-11-12-18-20-14-21(24-28(25,26)16-7-3-2-4-8-16)17-9-5-6-10-19(17)23(20)27-22(18)13-15/h2-10,14-15,24H,11-13H2,1H3/t15-/m0/s1. The highest BCUT2D eigenvalue weighted by Crippen LogP contribution is 2.40. The lowest BCUT2D eigenvalue weighted by Crippen LogP contribution is -2.13. The third-order valence-electron chi connectivity index (χ3n) is 5.60. The van der Waals surface area contributed by atoms with E-state index in [0.29, 0.717) is 11.6 Å². The topological polar surface area (TPSA) is 59.3 Å². The molecule has 0 saturated heterocycles. The zero-order valence-electron chi connectivity index (χ0n) is 15.6. The molecule has 0 fully saturated rings. The van der Waals surface area contributed by atoms with E-state index in [2.05, 4.69) is 11.6 Å². The summed E-state index contributed by atoms with van der Waals surface area (Å²) in [5.74, 6) is 1.65. The number of benzene rings is 3. The first-order valence-electron chi connectivity index (χ1n) is 9.57. The molecule has 5 rings (SSSR count). The van der Waals surface area contributed by atoms with Gasteiger partial charge in [-0.3, -0.25) is 4.72 Å². The first kappa shape index (κ1) is 17.3. The van der Waals surface area contributed by atoms with E-state index in [0.717, 1.165) is 46.8 Å². The molecule has 1 N–H and O–H groups in total. The van der Waals surface area contributed by atoms with Gasteiger partial charge in [-0.15, -0.1) is 0 Å². The molecule has 0 aliphatic heterocycles. The van der Waals surface area contributed by atoms with Crippen LogP contribution < -0.4 is 4.72 Å². The fraction of sp³-hybridized carbons (Fsp3) is 0.217. The maximum atomic E-state index is 12.9. The van der Waals surface area contributed by atoms with E-state index in [-0.39, 0.29) is 4.90 Å². The van der Waals surface area contributed by atoms with Crippen LogP contribution in [0.2, 0.25) is 0 Å². The molecule has 1 aliphatic carbocycles. The molecule has 0 spiro atoms. The van der Waals surface area contributed by atoms with Crippen LogP contribution >= 0.6 is 0 Å². The Balaban J connectivity index is 1.72. The number of hydrogen-bond acceptors (Lipinski definition) is 3. The predicted molar refractivity (Wildman–Crippen MR) is 112 cm³/mol. The van der Waals surface area contributed by atoms with Gasteiger partial charge in [0, 0.05) is 28.1 Å². The second kappa shape index (κ2) is 6.38. The normalized spacial score (nSPS) is 17.0. The van der Waals surface area contributed by atoms with E-state index < -0.39 is 10.0 Å². The van der Waals surface area contributed by atoms with Gasteiger partial charge in [-0.05, 0) is 37.0 Å². The number of anilines is 1. The molecule has 28 heavy (non-hydrogen) atoms. The van der Waals surface area contributed by atoms with Crippen molar-refractivity contribution in [3.05, 3.63) is 72.0 Å². The quantitative estimate of drug-likeness (QED) is 0.501. The van der Waals surface area contributed by atoms with Crippen molar-refractivity contribution >= 4 is 37.5 Å². The summed E-state index contributed by atoms with van der Waals surface area (Å²) in [6, 6.07) is 18.2. The van der Waals surface area contributed by atoms with E-state index in [1.165, 1.54) is 5.56 Å². The third-order valence-corrected chi connectivity index (χ3v) is 6.98. The second-order valence-corrected chi connectivity index (χ2v) is 9.30. The van der Waals surface area contributed by atoms with Crippen molar-refractivity contribution in [3.8, 4) is 0 Å². The van der Waals surface area contributed by atoms with Gasteiger partial charge in [0.2, 0.25) is 0 Å². The lowest BCUT2D eigenvalue weighted by Gasteiger charge is -2.16. The summed E-state index contributed by atoms with van der Waals surface area (Å²) < 4.78 is 34.9. The molecule has 4 nitrogen and oxygen atoms in total. The number of aryl methyl sites for hydroxylation is 1. The van der Waals surface area contributed by atoms with Gasteiger partial charge in [-0.2, -0.15) is 0 Å². The van der Waals surface area contributed by atoms with Crippen LogP contribution in [0.3, 0.4) is 0 Å². The average Bonchev–Trinajstić information content (AvgIpc) is 3.06. The van der Waals surface area contributed by atoms with Gasteiger partial charge in [0.05, 0.1) is 10.6 Å². The van der Waals surface area contributed by atoms with Gasteiger partial charge < -0.3 is 4.42 Å². The number of sulfonamides is 1. The van der Waals surface area contributed by atoms with Crippen LogP contribution in [0.1, 0.15) is 24.7 Å². The summed E-state index contributed by atoms with van der Waals surface area (Å²) in [5.41, 5.74) is 2.67. The van der Waals surface area contributed by atoms with Crippen LogP contribution in [0, 0.1) is 5.92 Å². The minimum Gasteiger partial charge on any atom is -0.460 e. The van der Waals surface area contributed by atoms with Crippen molar-refractivity contribution in [3.63, 3.8) is 0 Å². The monoisotopic (exact) mass is 391 g/mol. The van der Waals surface area contributed by atoms with Crippen LogP contribution in [-0.2, 0) is 22.9 Å². The summed E-state index contributed by atoms with van der Waals surface area (Å²) in [4.78, 5) is 0.252. The Morgan fingerprint density at radius 3 is 2.46 bits per heavy atom. The highest BCUT2D eigenvalue weighted by Gasteiger charge is 2.24. The van der Waals surface area contributed by atoms with Gasteiger partial charge in [0.15, 0.2) is 0 Å². The number of hydrogen-bond donors (Lipinski definition) is 1. The minimum atomic E-state index is -3.67. The zero-order valence-corrected chi connectivity index (χ0v) is 16.4. The van der Waals surface area contributed by atoms with Crippen LogP contribution in [-0.4, -0.2) is 8.42 Å². The number of nitrogens with one attached hydrogen (secondary N) is 1. The molecule has 3 aromatic carbocycles. The molecule has 0 saturated carbocycles. The molecule has 142 valence electrons. The molecule has 1 heterocycles. The summed E-state index contributed by atoms with van der Waals surface area (Å²) >= 11 is 0. The largest absolute Gasteiger partial charge is 0.460 e. The SMILES string of the molecule is C[C@H]1CCc2c(oc3c2cc(NS(=O)(=O)c2ccccc2)c2ccccc23)C1. The van der Waals surface area contributed by atoms with E-state index in [4.69, 9.17) is 4.42 Å². The highest BCUT2D eigenvalue weighted by atomic mass is 32.2. The average molecular weight is 391 g/mol. The first-order chi connectivity index (χ1) is 13.5. The first-order valence-corrected chi connectivity index (χ1v) is 11.0. The minimum absolute atomic E-state index is 0.252. The van der Waals surface area contributed by atoms with Crippen LogP contribution in [0.5, 0.6) is 0 Å². The Morgan fingerprint density at radius 2 is 1.68 bits per heavy atom. The van der Waals surface area contributed by atoms with Crippen molar-refractivity contribution in [2.45, 2.75) is 31.1 Å². The molecule has 4 aromatic rings. The lowest BCUT2D eigenvalue weighted by molar-refractivity contribution is 0.427. The van der Waals surface area contributed by atoms with Crippen molar-refractivity contribution in [2.24, 2.45) is 5.92 Å². The summed E-state index contributed by atoms with van der Waals surface area (Å²) in [5, 5.41) is 2.80. The van der Waals surface area contributed by atoms with Crippen LogP contribution in [0.25, 0.3) is 21.7 Å². The Hall–Kier alpha value is -2.79. The number of fused-ring (bicyclic) bond motifs is 5. The molecule has 1 aliphatic rings. The van der Waals surface area contributed by atoms with E-state index in [1.807, 2.05) is 30.3 Å². The van der Waals surface area contributed by atoms with E-state index >= 15 is 0 Å². The van der Waals surface area contributed by atoms with Gasteiger partial charge in [0.25, 0.3) is 10.0 Å². The second-order valence-electron chi connectivity index (χ2n) is 7.62. The van der Waals surface area contributed by atoms with Crippen molar-refractivity contribution in [1.82, 2.24) is 0 Å². The smallest absolute Gasteiger partial charge is 0.261 e. The maximum absolute atomic E-state index is 12.9. The highest BCUT2D eigenvalue weighted by molar-refractivity contribution is 7.92. The summed E-state index contributed by atoms with van der Waals surface area (Å²) in [7, 11) is -3.67. The van der Waals surface area contributed by atoms with Crippen molar-refractivity contribution in [2.75, 3.05) is 4.72 Å². The molecule has 5 heteroatoms. The van der Waals surface area contributed by atoms with Gasteiger partial charge in [-0.1, -0.05) is 49.4 Å². The van der Waals surface area contributed by atoms with Crippen LogP contribution in [0.15, 0.2) is 70.0 Å². The Kier molecular flexibility index (Phi) is 3.95.